The summed E-state index contributed by atoms with van der Waals surface area (Å²) in [6.07, 6.45) is 0. The molecule has 0 bridgehead atoms. The van der Waals surface area contributed by atoms with Crippen molar-refractivity contribution in [1.82, 2.24) is 16.0 Å². The van der Waals surface area contributed by atoms with Gasteiger partial charge in [0.15, 0.2) is 0 Å². The van der Waals surface area contributed by atoms with Gasteiger partial charge in [-0.3, -0.25) is 10.1 Å². The van der Waals surface area contributed by atoms with Gasteiger partial charge in [0.05, 0.1) is 6.54 Å². The molecule has 1 aromatic rings. The molecule has 0 unspecified atom stereocenters. The van der Waals surface area contributed by atoms with Gasteiger partial charge in [-0.05, 0) is 18.6 Å². The Morgan fingerprint density at radius 3 is 2.95 bits per heavy atom. The van der Waals surface area contributed by atoms with Gasteiger partial charge in [-0.15, -0.1) is 0 Å². The van der Waals surface area contributed by atoms with Gasteiger partial charge in [0.25, 0.3) is 0 Å². The first-order chi connectivity index (χ1) is 9.70. The number of rotatable bonds is 3. The fourth-order valence-electron chi connectivity index (χ4n) is 2.23. The molecule has 0 fully saturated rings. The molecule has 0 saturated carbocycles. The Hall–Kier alpha value is -2.08. The second kappa shape index (κ2) is 6.91. The number of amides is 3. The Bertz CT molecular complexity index is 490. The van der Waals surface area contributed by atoms with Crippen molar-refractivity contribution in [2.45, 2.75) is 13.5 Å². The molecule has 6 heteroatoms. The summed E-state index contributed by atoms with van der Waals surface area (Å²) in [5.41, 5.74) is 2.21. The first-order valence-corrected chi connectivity index (χ1v) is 6.82. The molecule has 1 aliphatic rings. The van der Waals surface area contributed by atoms with E-state index in [0.717, 1.165) is 30.9 Å². The topological polar surface area (TPSA) is 73.5 Å². The van der Waals surface area contributed by atoms with Crippen LogP contribution in [0.1, 0.15) is 12.5 Å². The van der Waals surface area contributed by atoms with Gasteiger partial charge in [0, 0.05) is 31.9 Å². The first kappa shape index (κ1) is 14.3. The molecule has 3 N–H and O–H groups in total. The minimum Gasteiger partial charge on any atom is -0.361 e. The Morgan fingerprint density at radius 1 is 1.35 bits per heavy atom. The maximum absolute atomic E-state index is 11.9. The SMILES string of the molecule is CCNC(=O)NC(=O)CN1CCNCc2ccccc21. The lowest BCUT2D eigenvalue weighted by molar-refractivity contribution is -0.118. The lowest BCUT2D eigenvalue weighted by atomic mass is 10.1. The third kappa shape index (κ3) is 3.71. The molecule has 0 saturated heterocycles. The fourth-order valence-corrected chi connectivity index (χ4v) is 2.23. The van der Waals surface area contributed by atoms with Crippen LogP contribution in [0.3, 0.4) is 0 Å². The average molecular weight is 276 g/mol. The number of para-hydroxylation sites is 1. The molecule has 0 aliphatic carbocycles. The van der Waals surface area contributed by atoms with E-state index in [4.69, 9.17) is 0 Å². The number of fused-ring (bicyclic) bond motifs is 1. The fraction of sp³-hybridized carbons (Fsp3) is 0.429. The van der Waals surface area contributed by atoms with E-state index in [9.17, 15) is 9.59 Å². The Balaban J connectivity index is 2.02. The molecule has 1 aliphatic heterocycles. The molecule has 1 aromatic carbocycles. The zero-order chi connectivity index (χ0) is 14.4. The molecule has 20 heavy (non-hydrogen) atoms. The number of nitrogens with one attached hydrogen (secondary N) is 3. The monoisotopic (exact) mass is 276 g/mol. The molecule has 0 radical (unpaired) electrons. The van der Waals surface area contributed by atoms with Crippen molar-refractivity contribution in [2.24, 2.45) is 0 Å². The van der Waals surface area contributed by atoms with Crippen LogP contribution >= 0.6 is 0 Å². The van der Waals surface area contributed by atoms with Crippen LogP contribution in [0.2, 0.25) is 0 Å². The number of carbonyl (C=O) groups is 2. The quantitative estimate of drug-likeness (QED) is 0.749. The summed E-state index contributed by atoms with van der Waals surface area (Å²) < 4.78 is 0. The Kier molecular flexibility index (Phi) is 4.95. The van der Waals surface area contributed by atoms with Crippen LogP contribution in [-0.2, 0) is 11.3 Å². The van der Waals surface area contributed by atoms with E-state index in [1.807, 2.05) is 29.2 Å². The average Bonchev–Trinajstić information content (AvgIpc) is 2.62. The molecule has 108 valence electrons. The number of imide groups is 1. The summed E-state index contributed by atoms with van der Waals surface area (Å²) in [6.45, 7) is 4.82. The largest absolute Gasteiger partial charge is 0.361 e. The highest BCUT2D eigenvalue weighted by Crippen LogP contribution is 2.21. The summed E-state index contributed by atoms with van der Waals surface area (Å²) in [5.74, 6) is -0.298. The molecule has 0 atom stereocenters. The maximum Gasteiger partial charge on any atom is 0.321 e. The highest BCUT2D eigenvalue weighted by molar-refractivity contribution is 5.96. The number of urea groups is 1. The third-order valence-electron chi connectivity index (χ3n) is 3.13. The van der Waals surface area contributed by atoms with Gasteiger partial charge in [0.1, 0.15) is 0 Å². The first-order valence-electron chi connectivity index (χ1n) is 6.82. The van der Waals surface area contributed by atoms with E-state index >= 15 is 0 Å². The molecular formula is C14H20N4O2. The van der Waals surface area contributed by atoms with Crippen LogP contribution in [0.4, 0.5) is 10.5 Å². The number of benzene rings is 1. The van der Waals surface area contributed by atoms with Gasteiger partial charge >= 0.3 is 6.03 Å². The van der Waals surface area contributed by atoms with Gasteiger partial charge in [-0.2, -0.15) is 0 Å². The minimum absolute atomic E-state index is 0.176. The van der Waals surface area contributed by atoms with Crippen molar-refractivity contribution in [3.8, 4) is 0 Å². The van der Waals surface area contributed by atoms with Crippen LogP contribution in [0, 0.1) is 0 Å². The standard InChI is InChI=1S/C14H20N4O2/c1-2-16-14(20)17-13(19)10-18-8-7-15-9-11-5-3-4-6-12(11)18/h3-6,15H,2,7-10H2,1H3,(H2,16,17,19,20). The summed E-state index contributed by atoms with van der Waals surface area (Å²) in [6, 6.07) is 7.54. The lowest BCUT2D eigenvalue weighted by Crippen LogP contribution is -2.45. The molecule has 1 heterocycles. The summed E-state index contributed by atoms with van der Waals surface area (Å²) in [5, 5.41) is 8.19. The molecule has 0 aromatic heterocycles. The number of anilines is 1. The normalized spacial score (nSPS) is 14.2. The third-order valence-corrected chi connectivity index (χ3v) is 3.13. The van der Waals surface area contributed by atoms with Crippen molar-refractivity contribution >= 4 is 17.6 Å². The van der Waals surface area contributed by atoms with E-state index in [1.165, 1.54) is 0 Å². The second-order valence-electron chi connectivity index (χ2n) is 4.63. The van der Waals surface area contributed by atoms with Gasteiger partial charge in [-0.1, -0.05) is 18.2 Å². The van der Waals surface area contributed by atoms with Crippen molar-refractivity contribution in [1.29, 1.82) is 0 Å². The number of hydrogen-bond donors (Lipinski definition) is 3. The van der Waals surface area contributed by atoms with E-state index in [2.05, 4.69) is 16.0 Å². The predicted molar refractivity (Wildman–Crippen MR) is 77.6 cm³/mol. The summed E-state index contributed by atoms with van der Waals surface area (Å²) >= 11 is 0. The van der Waals surface area contributed by atoms with E-state index in [1.54, 1.807) is 6.92 Å². The van der Waals surface area contributed by atoms with Crippen LogP contribution in [0.5, 0.6) is 0 Å². The number of hydrogen-bond acceptors (Lipinski definition) is 4. The smallest absolute Gasteiger partial charge is 0.321 e. The van der Waals surface area contributed by atoms with Crippen molar-refractivity contribution in [3.63, 3.8) is 0 Å². The molecule has 3 amide bonds. The number of nitrogens with zero attached hydrogens (tertiary/aromatic N) is 1. The van der Waals surface area contributed by atoms with E-state index in [-0.39, 0.29) is 12.5 Å². The van der Waals surface area contributed by atoms with Crippen LogP contribution in [0.15, 0.2) is 24.3 Å². The van der Waals surface area contributed by atoms with Crippen molar-refractivity contribution in [3.05, 3.63) is 29.8 Å². The summed E-state index contributed by atoms with van der Waals surface area (Å²) in [7, 11) is 0. The van der Waals surface area contributed by atoms with Gasteiger partial charge < -0.3 is 15.5 Å². The van der Waals surface area contributed by atoms with Gasteiger partial charge in [-0.25, -0.2) is 4.79 Å². The molecular weight excluding hydrogens is 256 g/mol. The van der Waals surface area contributed by atoms with Crippen molar-refractivity contribution in [2.75, 3.05) is 31.1 Å². The van der Waals surface area contributed by atoms with Crippen molar-refractivity contribution < 1.29 is 9.59 Å². The highest BCUT2D eigenvalue weighted by atomic mass is 16.2. The van der Waals surface area contributed by atoms with Gasteiger partial charge in [0.2, 0.25) is 5.91 Å². The van der Waals surface area contributed by atoms with Crippen LogP contribution < -0.4 is 20.9 Å². The maximum atomic E-state index is 11.9. The summed E-state index contributed by atoms with van der Waals surface area (Å²) in [4.78, 5) is 25.2. The lowest BCUT2D eigenvalue weighted by Gasteiger charge is -2.23. The van der Waals surface area contributed by atoms with Crippen LogP contribution in [0.25, 0.3) is 0 Å². The number of carbonyl (C=O) groups excluding carboxylic acids is 2. The van der Waals surface area contributed by atoms with E-state index < -0.39 is 6.03 Å². The zero-order valence-corrected chi connectivity index (χ0v) is 11.6. The predicted octanol–water partition coefficient (Wildman–Crippen LogP) is 0.442. The Morgan fingerprint density at radius 2 is 2.15 bits per heavy atom. The van der Waals surface area contributed by atoms with E-state index in [0.29, 0.717) is 6.54 Å². The highest BCUT2D eigenvalue weighted by Gasteiger charge is 2.17. The van der Waals surface area contributed by atoms with Crippen LogP contribution in [-0.4, -0.2) is 38.1 Å². The molecule has 0 spiro atoms. The second-order valence-corrected chi connectivity index (χ2v) is 4.63. The molecule has 2 rings (SSSR count). The minimum atomic E-state index is -0.446. The molecule has 6 nitrogen and oxygen atoms in total. The Labute approximate surface area is 118 Å². The zero-order valence-electron chi connectivity index (χ0n) is 11.6.